The maximum absolute atomic E-state index is 11.9. The van der Waals surface area contributed by atoms with Crippen LogP contribution in [0.15, 0.2) is 42.5 Å². The molecular formula is C16H17N3O3. The highest BCUT2D eigenvalue weighted by Crippen LogP contribution is 2.23. The van der Waals surface area contributed by atoms with E-state index < -0.39 is 18.2 Å². The molecule has 0 radical (unpaired) electrons. The highest BCUT2D eigenvalue weighted by Gasteiger charge is 2.26. The van der Waals surface area contributed by atoms with Crippen molar-refractivity contribution >= 4 is 22.8 Å². The smallest absolute Gasteiger partial charge is 0.325 e. The van der Waals surface area contributed by atoms with Crippen LogP contribution in [0, 0.1) is 0 Å². The molecule has 6 nitrogen and oxygen atoms in total. The van der Waals surface area contributed by atoms with Gasteiger partial charge in [-0.2, -0.15) is 0 Å². The van der Waals surface area contributed by atoms with Crippen LogP contribution in [-0.2, 0) is 0 Å². The normalized spacial score (nSPS) is 15.7. The number of aliphatic hydroxyl groups excluding tert-OH is 1. The van der Waals surface area contributed by atoms with Gasteiger partial charge in [0.2, 0.25) is 0 Å². The van der Waals surface area contributed by atoms with Crippen LogP contribution in [0.1, 0.15) is 11.7 Å². The van der Waals surface area contributed by atoms with Crippen LogP contribution < -0.4 is 10.6 Å². The Morgan fingerprint density at radius 2 is 2.05 bits per heavy atom. The minimum Gasteiger partial charge on any atom is -0.387 e. The molecule has 0 aromatic heterocycles. The summed E-state index contributed by atoms with van der Waals surface area (Å²) in [5, 5.41) is 17.5. The summed E-state index contributed by atoms with van der Waals surface area (Å²) >= 11 is 0. The summed E-state index contributed by atoms with van der Waals surface area (Å²) in [6.07, 6.45) is -0.833. The van der Waals surface area contributed by atoms with E-state index in [1.54, 1.807) is 0 Å². The van der Waals surface area contributed by atoms with Gasteiger partial charge in [-0.1, -0.05) is 42.5 Å². The minimum absolute atomic E-state index is 0.0522. The number of hydrogen-bond donors (Lipinski definition) is 3. The molecule has 1 aliphatic heterocycles. The van der Waals surface area contributed by atoms with Gasteiger partial charge in [-0.3, -0.25) is 0 Å². The van der Waals surface area contributed by atoms with Crippen LogP contribution >= 0.6 is 0 Å². The quantitative estimate of drug-likeness (QED) is 0.805. The number of fused-ring (bicyclic) bond motifs is 1. The van der Waals surface area contributed by atoms with Gasteiger partial charge in [-0.05, 0) is 16.3 Å². The average Bonchev–Trinajstić information content (AvgIpc) is 2.98. The Hall–Kier alpha value is -2.60. The zero-order chi connectivity index (χ0) is 15.5. The van der Waals surface area contributed by atoms with Crippen molar-refractivity contribution in [2.24, 2.45) is 0 Å². The molecule has 22 heavy (non-hydrogen) atoms. The monoisotopic (exact) mass is 299 g/mol. The number of hydrogen-bond acceptors (Lipinski definition) is 3. The van der Waals surface area contributed by atoms with Crippen LogP contribution in [-0.4, -0.2) is 41.7 Å². The lowest BCUT2D eigenvalue weighted by molar-refractivity contribution is 0.166. The van der Waals surface area contributed by atoms with E-state index >= 15 is 0 Å². The fourth-order valence-corrected chi connectivity index (χ4v) is 2.60. The molecule has 114 valence electrons. The second-order valence-electron chi connectivity index (χ2n) is 5.15. The van der Waals surface area contributed by atoms with E-state index in [9.17, 15) is 14.7 Å². The van der Waals surface area contributed by atoms with E-state index in [-0.39, 0.29) is 6.54 Å². The van der Waals surface area contributed by atoms with Gasteiger partial charge in [0.05, 0.1) is 6.10 Å². The molecule has 1 aliphatic rings. The molecule has 0 saturated carbocycles. The standard InChI is InChI=1S/C16H17N3O3/c20-14(10-18-16(22)19-9-8-17-15(19)21)13-7-3-5-11-4-1-2-6-12(11)13/h1-7,14,20H,8-10H2,(H,17,21)(H,18,22)/t14-/m0/s1. The van der Waals surface area contributed by atoms with E-state index in [0.717, 1.165) is 21.2 Å². The van der Waals surface area contributed by atoms with E-state index in [1.807, 2.05) is 42.5 Å². The van der Waals surface area contributed by atoms with Crippen molar-refractivity contribution in [1.29, 1.82) is 0 Å². The summed E-state index contributed by atoms with van der Waals surface area (Å²) in [4.78, 5) is 24.4. The third-order valence-corrected chi connectivity index (χ3v) is 3.73. The molecule has 1 fully saturated rings. The molecule has 1 heterocycles. The molecule has 6 heteroatoms. The zero-order valence-electron chi connectivity index (χ0n) is 12.0. The molecule has 3 N–H and O–H groups in total. The molecule has 1 saturated heterocycles. The Kier molecular flexibility index (Phi) is 3.93. The van der Waals surface area contributed by atoms with Crippen molar-refractivity contribution in [3.63, 3.8) is 0 Å². The van der Waals surface area contributed by atoms with Crippen molar-refractivity contribution in [2.75, 3.05) is 19.6 Å². The number of nitrogens with one attached hydrogen (secondary N) is 2. The summed E-state index contributed by atoms with van der Waals surface area (Å²) in [5.41, 5.74) is 0.754. The van der Waals surface area contributed by atoms with Gasteiger partial charge in [0, 0.05) is 19.6 Å². The van der Waals surface area contributed by atoms with Gasteiger partial charge >= 0.3 is 12.1 Å². The van der Waals surface area contributed by atoms with Crippen molar-refractivity contribution in [3.8, 4) is 0 Å². The molecule has 3 rings (SSSR count). The Balaban J connectivity index is 1.70. The average molecular weight is 299 g/mol. The largest absolute Gasteiger partial charge is 0.387 e. The second-order valence-corrected chi connectivity index (χ2v) is 5.15. The van der Waals surface area contributed by atoms with Gasteiger partial charge in [-0.25, -0.2) is 14.5 Å². The molecule has 0 bridgehead atoms. The molecular weight excluding hydrogens is 282 g/mol. The number of carbonyl (C=O) groups is 2. The molecule has 4 amide bonds. The molecule has 1 atom stereocenters. The first kappa shape index (κ1) is 14.3. The van der Waals surface area contributed by atoms with E-state index in [4.69, 9.17) is 0 Å². The maximum Gasteiger partial charge on any atom is 0.325 e. The molecule has 2 aromatic rings. The number of rotatable bonds is 3. The van der Waals surface area contributed by atoms with E-state index in [1.165, 1.54) is 0 Å². The van der Waals surface area contributed by atoms with Gasteiger partial charge in [0.25, 0.3) is 0 Å². The van der Waals surface area contributed by atoms with Crippen molar-refractivity contribution in [3.05, 3.63) is 48.0 Å². The topological polar surface area (TPSA) is 81.7 Å². The first-order valence-corrected chi connectivity index (χ1v) is 7.16. The van der Waals surface area contributed by atoms with Crippen LogP contribution in [0.2, 0.25) is 0 Å². The lowest BCUT2D eigenvalue weighted by Gasteiger charge is -2.17. The van der Waals surface area contributed by atoms with Gasteiger partial charge in [-0.15, -0.1) is 0 Å². The summed E-state index contributed by atoms with van der Waals surface area (Å²) < 4.78 is 0. The summed E-state index contributed by atoms with van der Waals surface area (Å²) in [6, 6.07) is 12.5. The highest BCUT2D eigenvalue weighted by atomic mass is 16.3. The van der Waals surface area contributed by atoms with Crippen molar-refractivity contribution in [2.45, 2.75) is 6.10 Å². The Morgan fingerprint density at radius 3 is 2.82 bits per heavy atom. The third-order valence-electron chi connectivity index (χ3n) is 3.73. The minimum atomic E-state index is -0.833. The zero-order valence-corrected chi connectivity index (χ0v) is 12.0. The first-order chi connectivity index (χ1) is 10.7. The summed E-state index contributed by atoms with van der Waals surface area (Å²) in [6.45, 7) is 0.851. The Labute approximate surface area is 127 Å². The highest BCUT2D eigenvalue weighted by molar-refractivity contribution is 5.95. The SMILES string of the molecule is O=C1NCCN1C(=O)NC[C@H](O)c1cccc2ccccc12. The molecule has 0 aliphatic carbocycles. The predicted molar refractivity (Wildman–Crippen MR) is 82.4 cm³/mol. The number of carbonyl (C=O) groups excluding carboxylic acids is 2. The van der Waals surface area contributed by atoms with Crippen LogP contribution in [0.5, 0.6) is 0 Å². The predicted octanol–water partition coefficient (Wildman–Crippen LogP) is 1.61. The lowest BCUT2D eigenvalue weighted by Crippen LogP contribution is -2.43. The van der Waals surface area contributed by atoms with Gasteiger partial charge in [0.1, 0.15) is 0 Å². The fraction of sp³-hybridized carbons (Fsp3) is 0.250. The number of nitrogens with zero attached hydrogens (tertiary/aromatic N) is 1. The molecule has 0 spiro atoms. The Bertz CT molecular complexity index is 711. The third kappa shape index (κ3) is 2.73. The van der Waals surface area contributed by atoms with Crippen LogP contribution in [0.3, 0.4) is 0 Å². The van der Waals surface area contributed by atoms with Crippen LogP contribution in [0.4, 0.5) is 9.59 Å². The maximum atomic E-state index is 11.9. The van der Waals surface area contributed by atoms with Crippen LogP contribution in [0.25, 0.3) is 10.8 Å². The number of imide groups is 1. The number of aliphatic hydroxyl groups is 1. The molecule has 2 aromatic carbocycles. The first-order valence-electron chi connectivity index (χ1n) is 7.16. The summed E-state index contributed by atoms with van der Waals surface area (Å²) in [5.74, 6) is 0. The second kappa shape index (κ2) is 6.03. The molecule has 0 unspecified atom stereocenters. The van der Waals surface area contributed by atoms with Crippen molar-refractivity contribution in [1.82, 2.24) is 15.5 Å². The van der Waals surface area contributed by atoms with Gasteiger partial charge in [0.15, 0.2) is 0 Å². The van der Waals surface area contributed by atoms with E-state index in [2.05, 4.69) is 10.6 Å². The van der Waals surface area contributed by atoms with Crippen molar-refractivity contribution < 1.29 is 14.7 Å². The number of benzene rings is 2. The lowest BCUT2D eigenvalue weighted by atomic mass is 10.0. The number of amides is 4. The Morgan fingerprint density at radius 1 is 1.27 bits per heavy atom. The number of urea groups is 2. The summed E-state index contributed by atoms with van der Waals surface area (Å²) in [7, 11) is 0. The van der Waals surface area contributed by atoms with Gasteiger partial charge < -0.3 is 15.7 Å². The fourth-order valence-electron chi connectivity index (χ4n) is 2.60. The van der Waals surface area contributed by atoms with E-state index in [0.29, 0.717) is 13.1 Å².